The van der Waals surface area contributed by atoms with Gasteiger partial charge in [0.1, 0.15) is 0 Å². The zero-order valence-corrected chi connectivity index (χ0v) is 11.3. The molecule has 0 bridgehead atoms. The monoisotopic (exact) mass is 274 g/mol. The van der Waals surface area contributed by atoms with Gasteiger partial charge in [-0.2, -0.15) is 5.10 Å². The van der Waals surface area contributed by atoms with Crippen LogP contribution in [0.1, 0.15) is 11.1 Å². The van der Waals surface area contributed by atoms with Crippen molar-refractivity contribution in [3.05, 3.63) is 59.7 Å². The van der Waals surface area contributed by atoms with Crippen LogP contribution < -0.4 is 5.84 Å². The van der Waals surface area contributed by atoms with E-state index in [0.717, 1.165) is 11.1 Å². The van der Waals surface area contributed by atoms with Crippen LogP contribution in [0.15, 0.2) is 63.4 Å². The summed E-state index contributed by atoms with van der Waals surface area (Å²) in [5, 5.41) is 3.39. The molecular weight excluding hydrogens is 260 g/mol. The minimum atomic E-state index is -3.46. The first-order valence-corrected chi connectivity index (χ1v) is 7.17. The second-order valence-electron chi connectivity index (χ2n) is 4.16. The van der Waals surface area contributed by atoms with Crippen molar-refractivity contribution in [2.24, 2.45) is 10.9 Å². The first kappa shape index (κ1) is 13.3. The summed E-state index contributed by atoms with van der Waals surface area (Å²) in [6.07, 6.45) is 1.46. The van der Waals surface area contributed by atoms with Crippen LogP contribution in [0.2, 0.25) is 0 Å². The van der Waals surface area contributed by atoms with E-state index >= 15 is 0 Å². The van der Waals surface area contributed by atoms with E-state index < -0.39 is 9.84 Å². The van der Waals surface area contributed by atoms with Crippen molar-refractivity contribution in [1.82, 2.24) is 0 Å². The quantitative estimate of drug-likeness (QED) is 0.529. The maximum absolute atomic E-state index is 12.4. The van der Waals surface area contributed by atoms with Gasteiger partial charge in [-0.25, -0.2) is 8.42 Å². The molecule has 2 N–H and O–H groups in total. The minimum Gasteiger partial charge on any atom is -0.323 e. The van der Waals surface area contributed by atoms with E-state index in [1.807, 2.05) is 6.92 Å². The minimum absolute atomic E-state index is 0.255. The van der Waals surface area contributed by atoms with Crippen LogP contribution in [0.3, 0.4) is 0 Å². The van der Waals surface area contributed by atoms with Gasteiger partial charge >= 0.3 is 0 Å². The fourth-order valence-corrected chi connectivity index (χ4v) is 2.93. The van der Waals surface area contributed by atoms with Crippen molar-refractivity contribution >= 4 is 16.1 Å². The Hall–Kier alpha value is -2.14. The van der Waals surface area contributed by atoms with Gasteiger partial charge in [0.05, 0.1) is 16.0 Å². The molecule has 0 aliphatic rings. The number of aryl methyl sites for hydroxylation is 1. The lowest BCUT2D eigenvalue weighted by atomic mass is 10.2. The van der Waals surface area contributed by atoms with Crippen LogP contribution in [0, 0.1) is 6.92 Å². The van der Waals surface area contributed by atoms with E-state index in [9.17, 15) is 8.42 Å². The van der Waals surface area contributed by atoms with E-state index in [0.29, 0.717) is 4.90 Å². The Kier molecular flexibility index (Phi) is 3.66. The molecule has 0 saturated heterocycles. The molecule has 98 valence electrons. The van der Waals surface area contributed by atoms with Gasteiger partial charge in [0, 0.05) is 0 Å². The van der Waals surface area contributed by atoms with Gasteiger partial charge in [-0.15, -0.1) is 0 Å². The molecular formula is C14H14N2O2S. The molecule has 2 aromatic rings. The molecule has 19 heavy (non-hydrogen) atoms. The van der Waals surface area contributed by atoms with E-state index in [1.165, 1.54) is 6.21 Å². The van der Waals surface area contributed by atoms with Crippen molar-refractivity contribution < 1.29 is 8.42 Å². The summed E-state index contributed by atoms with van der Waals surface area (Å²) in [7, 11) is -3.46. The SMILES string of the molecule is Cc1ccc(S(=O)(=O)c2ccc(C=NN)cc2)cc1. The Morgan fingerprint density at radius 3 is 1.89 bits per heavy atom. The summed E-state index contributed by atoms with van der Waals surface area (Å²) < 4.78 is 24.7. The third-order valence-corrected chi connectivity index (χ3v) is 4.53. The van der Waals surface area contributed by atoms with Gasteiger partial charge in [0.15, 0.2) is 0 Å². The van der Waals surface area contributed by atoms with Crippen LogP contribution >= 0.6 is 0 Å². The van der Waals surface area contributed by atoms with Crippen LogP contribution in [-0.4, -0.2) is 14.6 Å². The summed E-state index contributed by atoms with van der Waals surface area (Å²) in [6, 6.07) is 13.2. The topological polar surface area (TPSA) is 72.5 Å². The average molecular weight is 274 g/mol. The lowest BCUT2D eigenvalue weighted by Crippen LogP contribution is -2.02. The Balaban J connectivity index is 2.41. The third kappa shape index (κ3) is 2.82. The summed E-state index contributed by atoms with van der Waals surface area (Å²) in [5.41, 5.74) is 1.78. The molecule has 2 aromatic carbocycles. The maximum Gasteiger partial charge on any atom is 0.206 e. The lowest BCUT2D eigenvalue weighted by molar-refractivity contribution is 0.596. The zero-order chi connectivity index (χ0) is 13.9. The van der Waals surface area contributed by atoms with Crippen LogP contribution in [-0.2, 0) is 9.84 Å². The molecule has 0 aliphatic heterocycles. The van der Waals surface area contributed by atoms with Crippen molar-refractivity contribution in [3.8, 4) is 0 Å². The van der Waals surface area contributed by atoms with Crippen molar-refractivity contribution in [2.45, 2.75) is 16.7 Å². The molecule has 0 saturated carbocycles. The molecule has 0 spiro atoms. The van der Waals surface area contributed by atoms with Crippen molar-refractivity contribution in [2.75, 3.05) is 0 Å². The molecule has 0 amide bonds. The molecule has 2 rings (SSSR count). The maximum atomic E-state index is 12.4. The predicted octanol–water partition coefficient (Wildman–Crippen LogP) is 2.12. The lowest BCUT2D eigenvalue weighted by Gasteiger charge is -2.05. The van der Waals surface area contributed by atoms with Gasteiger partial charge in [0.25, 0.3) is 0 Å². The second-order valence-corrected chi connectivity index (χ2v) is 6.11. The molecule has 0 heterocycles. The van der Waals surface area contributed by atoms with Crippen molar-refractivity contribution in [3.63, 3.8) is 0 Å². The highest BCUT2D eigenvalue weighted by molar-refractivity contribution is 7.91. The molecule has 0 aliphatic carbocycles. The fourth-order valence-electron chi connectivity index (χ4n) is 1.67. The van der Waals surface area contributed by atoms with Gasteiger partial charge in [-0.1, -0.05) is 29.8 Å². The Bertz CT molecular complexity index is 687. The van der Waals surface area contributed by atoms with E-state index in [4.69, 9.17) is 5.84 Å². The highest BCUT2D eigenvalue weighted by Crippen LogP contribution is 2.21. The highest BCUT2D eigenvalue weighted by atomic mass is 32.2. The number of hydrogen-bond donors (Lipinski definition) is 1. The first-order valence-electron chi connectivity index (χ1n) is 5.69. The standard InChI is InChI=1S/C14H14N2O2S/c1-11-2-6-13(7-3-11)19(17,18)14-8-4-12(5-9-14)10-16-15/h2-10H,15H2,1H3. The smallest absolute Gasteiger partial charge is 0.206 e. The van der Waals surface area contributed by atoms with Crippen LogP contribution in [0.25, 0.3) is 0 Å². The number of hydrazone groups is 1. The summed E-state index contributed by atoms with van der Waals surface area (Å²) in [5.74, 6) is 5.04. The highest BCUT2D eigenvalue weighted by Gasteiger charge is 2.16. The molecule has 5 heteroatoms. The Morgan fingerprint density at radius 1 is 0.947 bits per heavy atom. The summed E-state index contributed by atoms with van der Waals surface area (Å²) in [4.78, 5) is 0.545. The van der Waals surface area contributed by atoms with Gasteiger partial charge < -0.3 is 5.84 Å². The average Bonchev–Trinajstić information content (AvgIpc) is 2.40. The number of sulfone groups is 1. The van der Waals surface area contributed by atoms with E-state index in [1.54, 1.807) is 48.5 Å². The van der Waals surface area contributed by atoms with Crippen molar-refractivity contribution in [1.29, 1.82) is 0 Å². The molecule has 0 atom stereocenters. The normalized spacial score (nSPS) is 11.8. The second kappa shape index (κ2) is 5.24. The van der Waals surface area contributed by atoms with E-state index in [2.05, 4.69) is 5.10 Å². The number of benzene rings is 2. The zero-order valence-electron chi connectivity index (χ0n) is 10.4. The van der Waals surface area contributed by atoms with Gasteiger partial charge in [-0.3, -0.25) is 0 Å². The number of hydrogen-bond acceptors (Lipinski definition) is 4. The third-order valence-electron chi connectivity index (χ3n) is 2.75. The summed E-state index contributed by atoms with van der Waals surface area (Å²) in [6.45, 7) is 1.91. The Morgan fingerprint density at radius 2 is 1.42 bits per heavy atom. The number of nitrogens with two attached hydrogens (primary N) is 1. The summed E-state index contributed by atoms with van der Waals surface area (Å²) >= 11 is 0. The fraction of sp³-hybridized carbons (Fsp3) is 0.0714. The number of rotatable bonds is 3. The number of nitrogens with zero attached hydrogens (tertiary/aromatic N) is 1. The van der Waals surface area contributed by atoms with Gasteiger partial charge in [-0.05, 0) is 36.8 Å². The van der Waals surface area contributed by atoms with Crippen LogP contribution in [0.5, 0.6) is 0 Å². The molecule has 0 radical (unpaired) electrons. The van der Waals surface area contributed by atoms with Gasteiger partial charge in [0.2, 0.25) is 9.84 Å². The predicted molar refractivity (Wildman–Crippen MR) is 74.9 cm³/mol. The largest absolute Gasteiger partial charge is 0.323 e. The molecule has 0 fully saturated rings. The molecule has 0 unspecified atom stereocenters. The molecule has 0 aromatic heterocycles. The van der Waals surface area contributed by atoms with Crippen LogP contribution in [0.4, 0.5) is 0 Å². The Labute approximate surface area is 112 Å². The molecule has 4 nitrogen and oxygen atoms in total. The van der Waals surface area contributed by atoms with E-state index in [-0.39, 0.29) is 4.90 Å². The first-order chi connectivity index (χ1) is 9.04.